The summed E-state index contributed by atoms with van der Waals surface area (Å²) in [5.74, 6) is -4.83. The summed E-state index contributed by atoms with van der Waals surface area (Å²) in [4.78, 5) is 73.2. The van der Waals surface area contributed by atoms with E-state index in [1.807, 2.05) is 0 Å². The largest absolute Gasteiger partial charge is 0.481 e. The zero-order chi connectivity index (χ0) is 28.2. The van der Waals surface area contributed by atoms with Gasteiger partial charge in [-0.2, -0.15) is 0 Å². The second kappa shape index (κ2) is 20.1. The Labute approximate surface area is 221 Å². The van der Waals surface area contributed by atoms with Gasteiger partial charge in [0.1, 0.15) is 0 Å². The van der Waals surface area contributed by atoms with Crippen LogP contribution >= 0.6 is 0 Å². The third kappa shape index (κ3) is 15.3. The Morgan fingerprint density at radius 1 is 0.474 bits per heavy atom. The van der Waals surface area contributed by atoms with Crippen molar-refractivity contribution in [1.82, 2.24) is 9.80 Å². The molecule has 1 aliphatic rings. The highest BCUT2D eigenvalue weighted by Gasteiger charge is 2.23. The molecule has 1 fully saturated rings. The maximum atomic E-state index is 12.5. The average molecular weight is 547 g/mol. The van der Waals surface area contributed by atoms with Gasteiger partial charge in [0, 0.05) is 51.9 Å². The Morgan fingerprint density at radius 3 is 1.03 bits per heavy atom. The van der Waals surface area contributed by atoms with Crippen LogP contribution in [0.3, 0.4) is 0 Å². The molecule has 0 bridgehead atoms. The van der Waals surface area contributed by atoms with Gasteiger partial charge in [-0.3, -0.25) is 28.8 Å². The van der Waals surface area contributed by atoms with Gasteiger partial charge < -0.3 is 39.0 Å². The van der Waals surface area contributed by atoms with Gasteiger partial charge in [-0.15, -0.1) is 0 Å². The number of amides is 2. The number of aliphatic carboxylic acids is 2. The molecular weight excluding hydrogens is 508 g/mol. The molecule has 0 unspecified atom stereocenters. The molecule has 2 N–H and O–H groups in total. The Balaban J connectivity index is 2.56. The van der Waals surface area contributed by atoms with Crippen molar-refractivity contribution >= 4 is 35.3 Å². The summed E-state index contributed by atoms with van der Waals surface area (Å²) in [6.45, 7) is 1.84. The lowest BCUT2D eigenvalue weighted by Crippen LogP contribution is -2.41. The zero-order valence-corrected chi connectivity index (χ0v) is 21.6. The fraction of sp³-hybridized carbons (Fsp3) is 0.750. The molecule has 14 nitrogen and oxygen atoms in total. The smallest absolute Gasteiger partial charge is 0.303 e. The Morgan fingerprint density at radius 2 is 0.763 bits per heavy atom. The zero-order valence-electron chi connectivity index (χ0n) is 21.6. The van der Waals surface area contributed by atoms with Gasteiger partial charge in [0.25, 0.3) is 11.8 Å². The van der Waals surface area contributed by atoms with Gasteiger partial charge in [-0.05, 0) is 12.8 Å². The van der Waals surface area contributed by atoms with Crippen LogP contribution < -0.4 is 0 Å². The number of ketones is 2. The highest BCUT2D eigenvalue weighted by atomic mass is 16.5. The molecule has 1 heterocycles. The number of hydrogen-bond acceptors (Lipinski definition) is 10. The maximum absolute atomic E-state index is 12.5. The van der Waals surface area contributed by atoms with Crippen LogP contribution in [0.1, 0.15) is 38.5 Å². The number of ether oxygens (including phenoxy) is 4. The average Bonchev–Trinajstić information content (AvgIpc) is 2.87. The third-order valence-electron chi connectivity index (χ3n) is 5.41. The quantitative estimate of drug-likeness (QED) is 0.331. The van der Waals surface area contributed by atoms with E-state index in [0.717, 1.165) is 0 Å². The second-order valence-electron chi connectivity index (χ2n) is 8.37. The van der Waals surface area contributed by atoms with E-state index in [1.165, 1.54) is 9.80 Å². The summed E-state index contributed by atoms with van der Waals surface area (Å²) in [5, 5.41) is 17.4. The molecule has 0 aromatic carbocycles. The topological polar surface area (TPSA) is 186 Å². The SMILES string of the molecule is O=C(O)CCCC(=O)C(=O)N1CCOCCOCCN(C(=O)C(=O)CCCC(=O)O)CCOCCOCC1. The summed E-state index contributed by atoms with van der Waals surface area (Å²) >= 11 is 0. The molecule has 0 aromatic rings. The maximum Gasteiger partial charge on any atom is 0.303 e. The van der Waals surface area contributed by atoms with Gasteiger partial charge >= 0.3 is 11.9 Å². The summed E-state index contributed by atoms with van der Waals surface area (Å²) in [5.41, 5.74) is 0. The van der Waals surface area contributed by atoms with Crippen molar-refractivity contribution in [2.45, 2.75) is 38.5 Å². The predicted molar refractivity (Wildman–Crippen MR) is 129 cm³/mol. The lowest BCUT2D eigenvalue weighted by Gasteiger charge is -2.23. The summed E-state index contributed by atoms with van der Waals surface area (Å²) in [6.07, 6.45) is -0.536. The molecule has 1 saturated heterocycles. The molecule has 0 atom stereocenters. The van der Waals surface area contributed by atoms with E-state index >= 15 is 0 Å². The van der Waals surface area contributed by atoms with Crippen LogP contribution in [0.5, 0.6) is 0 Å². The molecule has 38 heavy (non-hydrogen) atoms. The monoisotopic (exact) mass is 546 g/mol. The lowest BCUT2D eigenvalue weighted by atomic mass is 10.1. The van der Waals surface area contributed by atoms with Crippen molar-refractivity contribution in [1.29, 1.82) is 0 Å². The molecule has 1 rings (SSSR count). The highest BCUT2D eigenvalue weighted by Crippen LogP contribution is 2.03. The Kier molecular flexibility index (Phi) is 17.5. The van der Waals surface area contributed by atoms with Gasteiger partial charge in [0.05, 0.1) is 52.9 Å². The van der Waals surface area contributed by atoms with Crippen molar-refractivity contribution in [2.24, 2.45) is 0 Å². The fourth-order valence-electron chi connectivity index (χ4n) is 3.34. The summed E-state index contributed by atoms with van der Waals surface area (Å²) in [6, 6.07) is 0. The van der Waals surface area contributed by atoms with Crippen LogP contribution in [0, 0.1) is 0 Å². The molecule has 0 aromatic heterocycles. The fourth-order valence-corrected chi connectivity index (χ4v) is 3.34. The standard InChI is InChI=1S/C24H38N2O12/c27-19(3-1-5-21(29)30)23(33)25-7-11-35-15-17-37-13-9-26(10-14-38-18-16-36-12-8-25)24(34)20(28)4-2-6-22(31)32/h1-18H2,(H,29,30)(H,31,32). The van der Waals surface area contributed by atoms with E-state index in [2.05, 4.69) is 0 Å². The van der Waals surface area contributed by atoms with E-state index in [9.17, 15) is 28.8 Å². The number of nitrogens with zero attached hydrogens (tertiary/aromatic N) is 2. The van der Waals surface area contributed by atoms with Crippen molar-refractivity contribution in [3.8, 4) is 0 Å². The normalized spacial score (nSPS) is 17.2. The number of carboxylic acids is 2. The predicted octanol–water partition coefficient (Wildman–Crippen LogP) is -0.628. The molecule has 14 heteroatoms. The minimum absolute atomic E-state index is 0.0807. The minimum atomic E-state index is -1.03. The van der Waals surface area contributed by atoms with Crippen LogP contribution in [0.4, 0.5) is 0 Å². The number of rotatable bonds is 10. The minimum Gasteiger partial charge on any atom is -0.481 e. The summed E-state index contributed by atoms with van der Waals surface area (Å²) < 4.78 is 21.9. The van der Waals surface area contributed by atoms with Crippen LogP contribution in [0.15, 0.2) is 0 Å². The van der Waals surface area contributed by atoms with Gasteiger partial charge in [-0.25, -0.2) is 0 Å². The number of carbonyl (C=O) groups excluding carboxylic acids is 4. The van der Waals surface area contributed by atoms with E-state index in [4.69, 9.17) is 29.2 Å². The van der Waals surface area contributed by atoms with Crippen LogP contribution in [-0.2, 0) is 47.7 Å². The van der Waals surface area contributed by atoms with Crippen molar-refractivity contribution < 1.29 is 57.9 Å². The first-order valence-electron chi connectivity index (χ1n) is 12.6. The molecular formula is C24H38N2O12. The van der Waals surface area contributed by atoms with E-state index in [1.54, 1.807) is 0 Å². The first-order valence-corrected chi connectivity index (χ1v) is 12.6. The van der Waals surface area contributed by atoms with Crippen molar-refractivity contribution in [3.63, 3.8) is 0 Å². The Hall–Kier alpha value is -2.94. The van der Waals surface area contributed by atoms with Crippen LogP contribution in [0.2, 0.25) is 0 Å². The molecule has 0 aliphatic carbocycles. The molecule has 0 radical (unpaired) electrons. The molecule has 0 spiro atoms. The van der Waals surface area contributed by atoms with Crippen LogP contribution in [0.25, 0.3) is 0 Å². The highest BCUT2D eigenvalue weighted by molar-refractivity contribution is 6.36. The van der Waals surface area contributed by atoms with Crippen LogP contribution in [-0.4, -0.2) is 134 Å². The molecule has 216 valence electrons. The number of Topliss-reactive ketones (excluding diaryl/α,β-unsaturated/α-hetero) is 2. The van der Waals surface area contributed by atoms with Gasteiger partial charge in [0.15, 0.2) is 0 Å². The number of hydrogen-bond donors (Lipinski definition) is 2. The lowest BCUT2D eigenvalue weighted by molar-refractivity contribution is -0.146. The first kappa shape index (κ1) is 33.1. The second-order valence-corrected chi connectivity index (χ2v) is 8.37. The van der Waals surface area contributed by atoms with Crippen molar-refractivity contribution in [2.75, 3.05) is 79.0 Å². The van der Waals surface area contributed by atoms with Crippen molar-refractivity contribution in [3.05, 3.63) is 0 Å². The van der Waals surface area contributed by atoms with Gasteiger partial charge in [-0.1, -0.05) is 0 Å². The van der Waals surface area contributed by atoms with E-state index < -0.39 is 35.3 Å². The summed E-state index contributed by atoms with van der Waals surface area (Å²) in [7, 11) is 0. The number of carbonyl (C=O) groups is 6. The van der Waals surface area contributed by atoms with E-state index in [0.29, 0.717) is 0 Å². The molecule has 2 amide bonds. The van der Waals surface area contributed by atoms with Gasteiger partial charge in [0.2, 0.25) is 11.6 Å². The Bertz CT molecular complexity index is 704. The molecule has 0 saturated carbocycles. The molecule has 1 aliphatic heterocycles. The third-order valence-corrected chi connectivity index (χ3v) is 5.41. The number of carboxylic acid groups (broad SMARTS) is 2. The first-order chi connectivity index (χ1) is 18.2. The van der Waals surface area contributed by atoms with E-state index in [-0.39, 0.29) is 118 Å².